The van der Waals surface area contributed by atoms with Crippen LogP contribution in [0.5, 0.6) is 0 Å². The number of pyridine rings is 1. The number of aromatic nitrogens is 2. The van der Waals surface area contributed by atoms with E-state index in [-0.39, 0.29) is 5.91 Å². The third-order valence-electron chi connectivity index (χ3n) is 4.25. The van der Waals surface area contributed by atoms with Gasteiger partial charge >= 0.3 is 0 Å². The zero-order valence-corrected chi connectivity index (χ0v) is 16.0. The van der Waals surface area contributed by atoms with Gasteiger partial charge in [-0.25, -0.2) is 4.98 Å². The van der Waals surface area contributed by atoms with E-state index in [1.807, 2.05) is 26.0 Å². The van der Waals surface area contributed by atoms with E-state index in [0.717, 1.165) is 17.8 Å². The molecule has 0 saturated carbocycles. The first kappa shape index (κ1) is 19.1. The van der Waals surface area contributed by atoms with E-state index in [1.54, 1.807) is 6.07 Å². The van der Waals surface area contributed by atoms with Crippen molar-refractivity contribution in [2.24, 2.45) is 0 Å². The molecule has 0 spiro atoms. The molecule has 2 aromatic rings. The molecule has 2 heterocycles. The van der Waals surface area contributed by atoms with E-state index in [4.69, 9.17) is 4.52 Å². The molecule has 2 rings (SSSR count). The summed E-state index contributed by atoms with van der Waals surface area (Å²) >= 11 is 0. The molecule has 0 radical (unpaired) electrons. The Morgan fingerprint density at radius 2 is 1.88 bits per heavy atom. The summed E-state index contributed by atoms with van der Waals surface area (Å²) in [6.45, 7) is 13.8. The highest BCUT2D eigenvalue weighted by Gasteiger charge is 2.16. The number of nitrogens with zero attached hydrogens (tertiary/aromatic N) is 3. The van der Waals surface area contributed by atoms with Gasteiger partial charge in [-0.05, 0) is 53.7 Å². The number of rotatable bonds is 7. The summed E-state index contributed by atoms with van der Waals surface area (Å²) in [4.78, 5) is 19.2. The van der Waals surface area contributed by atoms with Crippen molar-refractivity contribution in [3.05, 3.63) is 35.3 Å². The average molecular weight is 344 g/mol. The van der Waals surface area contributed by atoms with Crippen LogP contribution >= 0.6 is 0 Å². The zero-order valence-electron chi connectivity index (χ0n) is 16.0. The highest BCUT2D eigenvalue weighted by atomic mass is 16.5. The fourth-order valence-corrected chi connectivity index (χ4v) is 3.05. The fourth-order valence-electron chi connectivity index (χ4n) is 3.05. The van der Waals surface area contributed by atoms with Crippen molar-refractivity contribution in [3.63, 3.8) is 0 Å². The van der Waals surface area contributed by atoms with Gasteiger partial charge in [0.1, 0.15) is 11.5 Å². The van der Waals surface area contributed by atoms with Gasteiger partial charge in [0.2, 0.25) is 0 Å². The van der Waals surface area contributed by atoms with E-state index in [1.165, 1.54) is 0 Å². The normalized spacial score (nSPS) is 11.6. The van der Waals surface area contributed by atoms with Crippen molar-refractivity contribution in [2.75, 3.05) is 13.1 Å². The number of nitrogens with one attached hydrogen (secondary N) is 1. The molecule has 25 heavy (non-hydrogen) atoms. The molecule has 0 unspecified atom stereocenters. The minimum atomic E-state index is -0.166. The lowest BCUT2D eigenvalue weighted by atomic mass is 10.1. The van der Waals surface area contributed by atoms with Gasteiger partial charge in [-0.1, -0.05) is 11.2 Å². The Kier molecular flexibility index (Phi) is 6.31. The minimum Gasteiger partial charge on any atom is -0.361 e. The Labute approximate surface area is 149 Å². The predicted molar refractivity (Wildman–Crippen MR) is 98.5 cm³/mol. The van der Waals surface area contributed by atoms with Crippen molar-refractivity contribution < 1.29 is 9.32 Å². The molecule has 0 fully saturated rings. The van der Waals surface area contributed by atoms with Gasteiger partial charge in [-0.3, -0.25) is 9.69 Å². The van der Waals surface area contributed by atoms with Gasteiger partial charge in [-0.15, -0.1) is 0 Å². The van der Waals surface area contributed by atoms with Gasteiger partial charge in [0.15, 0.2) is 0 Å². The maximum Gasteiger partial charge on any atom is 0.269 e. The van der Waals surface area contributed by atoms with Crippen molar-refractivity contribution in [3.8, 4) is 11.3 Å². The van der Waals surface area contributed by atoms with Crippen molar-refractivity contribution in [1.29, 1.82) is 0 Å². The van der Waals surface area contributed by atoms with Crippen LogP contribution in [0.25, 0.3) is 11.3 Å². The number of hydrogen-bond acceptors (Lipinski definition) is 5. The molecule has 0 aliphatic carbocycles. The molecule has 1 amide bonds. The van der Waals surface area contributed by atoms with E-state index < -0.39 is 0 Å². The van der Waals surface area contributed by atoms with E-state index in [2.05, 4.69) is 48.1 Å². The van der Waals surface area contributed by atoms with Crippen LogP contribution < -0.4 is 5.32 Å². The number of carbonyl (C=O) groups excluding carboxylic acids is 1. The van der Waals surface area contributed by atoms with Crippen LogP contribution in [0.2, 0.25) is 0 Å². The molecule has 0 atom stereocenters. The molecule has 2 aromatic heterocycles. The lowest BCUT2D eigenvalue weighted by molar-refractivity contribution is 0.0934. The van der Waals surface area contributed by atoms with Gasteiger partial charge in [0, 0.05) is 25.2 Å². The predicted octanol–water partition coefficient (Wildman–Crippen LogP) is 3.20. The summed E-state index contributed by atoms with van der Waals surface area (Å²) in [5.74, 6) is 0.535. The highest BCUT2D eigenvalue weighted by molar-refractivity contribution is 5.92. The van der Waals surface area contributed by atoms with Crippen molar-refractivity contribution in [1.82, 2.24) is 20.4 Å². The topological polar surface area (TPSA) is 71.3 Å². The molecule has 6 heteroatoms. The maximum absolute atomic E-state index is 12.4. The average Bonchev–Trinajstić information content (AvgIpc) is 2.89. The molecule has 6 nitrogen and oxygen atoms in total. The molecule has 1 N–H and O–H groups in total. The smallest absolute Gasteiger partial charge is 0.269 e. The maximum atomic E-state index is 12.4. The summed E-state index contributed by atoms with van der Waals surface area (Å²) in [6.07, 6.45) is 0. The highest BCUT2D eigenvalue weighted by Crippen LogP contribution is 2.24. The van der Waals surface area contributed by atoms with Crippen LogP contribution in [0, 0.1) is 13.8 Å². The van der Waals surface area contributed by atoms with Crippen molar-refractivity contribution in [2.45, 2.75) is 53.6 Å². The largest absolute Gasteiger partial charge is 0.361 e. The molecule has 0 aliphatic heterocycles. The summed E-state index contributed by atoms with van der Waals surface area (Å²) in [6, 6.07) is 6.30. The van der Waals surface area contributed by atoms with Crippen LogP contribution in [0.3, 0.4) is 0 Å². The molecular formula is C19H28N4O2. The van der Waals surface area contributed by atoms with Crippen molar-refractivity contribution >= 4 is 5.91 Å². The third kappa shape index (κ3) is 4.66. The Bertz CT molecular complexity index is 694. The Balaban J connectivity index is 2.05. The first-order valence-electron chi connectivity index (χ1n) is 8.75. The number of amides is 1. The van der Waals surface area contributed by atoms with Gasteiger partial charge in [0.25, 0.3) is 5.91 Å². The number of carbonyl (C=O) groups is 1. The van der Waals surface area contributed by atoms with Gasteiger partial charge < -0.3 is 9.84 Å². The van der Waals surface area contributed by atoms with Gasteiger partial charge in [0.05, 0.1) is 17.0 Å². The summed E-state index contributed by atoms with van der Waals surface area (Å²) < 4.78 is 5.19. The molecule has 0 aliphatic rings. The number of hydrogen-bond donors (Lipinski definition) is 1. The standard InChI is InChI=1S/C19H28N4O2/c1-12(2)23(13(3)4)11-10-20-19(24)17-9-7-8-16(21-17)18-14(5)22-25-15(18)6/h7-9,12-13H,10-11H2,1-6H3,(H,20,24). The Hall–Kier alpha value is -2.21. The van der Waals surface area contributed by atoms with Gasteiger partial charge in [-0.2, -0.15) is 0 Å². The van der Waals surface area contributed by atoms with E-state index in [0.29, 0.717) is 35.8 Å². The lowest BCUT2D eigenvalue weighted by Crippen LogP contribution is -2.42. The SMILES string of the molecule is Cc1noc(C)c1-c1cccc(C(=O)NCCN(C(C)C)C(C)C)n1. The third-order valence-corrected chi connectivity index (χ3v) is 4.25. The first-order valence-corrected chi connectivity index (χ1v) is 8.75. The van der Waals surface area contributed by atoms with Crippen LogP contribution in [0.4, 0.5) is 0 Å². The molecular weight excluding hydrogens is 316 g/mol. The fraction of sp³-hybridized carbons (Fsp3) is 0.526. The minimum absolute atomic E-state index is 0.166. The quantitative estimate of drug-likeness (QED) is 0.835. The second-order valence-electron chi connectivity index (χ2n) is 6.79. The van der Waals surface area contributed by atoms with E-state index >= 15 is 0 Å². The zero-order chi connectivity index (χ0) is 18.6. The molecule has 0 saturated heterocycles. The molecule has 0 bridgehead atoms. The monoisotopic (exact) mass is 344 g/mol. The first-order chi connectivity index (χ1) is 11.8. The molecule has 0 aromatic carbocycles. The Morgan fingerprint density at radius 3 is 2.44 bits per heavy atom. The molecule has 136 valence electrons. The van der Waals surface area contributed by atoms with E-state index in [9.17, 15) is 4.79 Å². The summed E-state index contributed by atoms with van der Waals surface area (Å²) in [5, 5.41) is 6.91. The van der Waals surface area contributed by atoms with Crippen LogP contribution in [0.15, 0.2) is 22.7 Å². The Morgan fingerprint density at radius 1 is 1.20 bits per heavy atom. The lowest BCUT2D eigenvalue weighted by Gasteiger charge is -2.30. The second kappa shape index (κ2) is 8.25. The van der Waals surface area contributed by atoms with Crippen LogP contribution in [-0.4, -0.2) is 46.1 Å². The summed E-state index contributed by atoms with van der Waals surface area (Å²) in [5.41, 5.74) is 2.72. The van der Waals surface area contributed by atoms with Crippen LogP contribution in [0.1, 0.15) is 49.6 Å². The van der Waals surface area contributed by atoms with Crippen LogP contribution in [-0.2, 0) is 0 Å². The second-order valence-corrected chi connectivity index (χ2v) is 6.79. The summed E-state index contributed by atoms with van der Waals surface area (Å²) in [7, 11) is 0. The number of aryl methyl sites for hydroxylation is 2.